The fraction of sp³-hybridized carbons (Fsp3) is 0.258. The van der Waals surface area contributed by atoms with Crippen LogP contribution in [-0.2, 0) is 14.4 Å². The van der Waals surface area contributed by atoms with E-state index in [0.29, 0.717) is 35.7 Å². The Morgan fingerprint density at radius 2 is 1.68 bits per heavy atom. The molecular formula is C31H31BrN4O4. The zero-order chi connectivity index (χ0) is 28.4. The van der Waals surface area contributed by atoms with E-state index in [0.717, 1.165) is 27.4 Å². The molecule has 2 heterocycles. The molecule has 40 heavy (non-hydrogen) atoms. The van der Waals surface area contributed by atoms with Gasteiger partial charge in [0.25, 0.3) is 0 Å². The number of hydrogen-bond donors (Lipinski definition) is 2. The Morgan fingerprint density at radius 3 is 2.35 bits per heavy atom. The molecule has 2 N–H and O–H groups in total. The summed E-state index contributed by atoms with van der Waals surface area (Å²) in [5.74, 6) is 0.238. The van der Waals surface area contributed by atoms with E-state index in [2.05, 4.69) is 26.6 Å². The zero-order valence-electron chi connectivity index (χ0n) is 22.6. The average Bonchev–Trinajstić information content (AvgIpc) is 3.55. The lowest BCUT2D eigenvalue weighted by Gasteiger charge is -2.31. The second-order valence-corrected chi connectivity index (χ2v) is 11.0. The van der Waals surface area contributed by atoms with Crippen LogP contribution in [0.2, 0.25) is 0 Å². The first-order valence-corrected chi connectivity index (χ1v) is 13.9. The normalized spacial score (nSPS) is 15.8. The van der Waals surface area contributed by atoms with Crippen molar-refractivity contribution in [3.63, 3.8) is 0 Å². The van der Waals surface area contributed by atoms with Crippen LogP contribution in [0.25, 0.3) is 22.3 Å². The third kappa shape index (κ3) is 5.66. The quantitative estimate of drug-likeness (QED) is 0.268. The molecule has 1 fully saturated rings. The Bertz CT molecular complexity index is 1550. The van der Waals surface area contributed by atoms with Gasteiger partial charge in [-0.3, -0.25) is 19.3 Å². The first-order chi connectivity index (χ1) is 19.2. The average molecular weight is 604 g/mol. The van der Waals surface area contributed by atoms with Crippen molar-refractivity contribution < 1.29 is 18.8 Å². The number of halogens is 1. The van der Waals surface area contributed by atoms with Gasteiger partial charge >= 0.3 is 0 Å². The zero-order valence-corrected chi connectivity index (χ0v) is 24.2. The van der Waals surface area contributed by atoms with E-state index < -0.39 is 12.1 Å². The topological polar surface area (TPSA) is 94.9 Å². The molecule has 1 saturated heterocycles. The molecule has 0 aliphatic carbocycles. The highest BCUT2D eigenvalue weighted by atomic mass is 79.9. The molecule has 1 unspecified atom stereocenters. The molecule has 206 valence electrons. The summed E-state index contributed by atoms with van der Waals surface area (Å²) in [5.41, 5.74) is 3.74. The molecular weight excluding hydrogens is 572 g/mol. The molecule has 0 radical (unpaired) electrons. The smallest absolute Gasteiger partial charge is 0.247 e. The Hall–Kier alpha value is -3.95. The summed E-state index contributed by atoms with van der Waals surface area (Å²) in [6.45, 7) is 2.01. The number of hydrogen-bond acceptors (Lipinski definition) is 5. The Morgan fingerprint density at radius 1 is 0.975 bits per heavy atom. The Balaban J connectivity index is 1.34. The predicted molar refractivity (Wildman–Crippen MR) is 160 cm³/mol. The maximum Gasteiger partial charge on any atom is 0.247 e. The number of anilines is 2. The lowest BCUT2D eigenvalue weighted by atomic mass is 10.0. The van der Waals surface area contributed by atoms with Crippen molar-refractivity contribution in [1.29, 1.82) is 0 Å². The Labute approximate surface area is 241 Å². The van der Waals surface area contributed by atoms with Gasteiger partial charge in [-0.1, -0.05) is 30.3 Å². The van der Waals surface area contributed by atoms with E-state index in [1.54, 1.807) is 11.0 Å². The van der Waals surface area contributed by atoms with E-state index in [-0.39, 0.29) is 17.7 Å². The van der Waals surface area contributed by atoms with E-state index in [1.165, 1.54) is 6.92 Å². The minimum atomic E-state index is -0.542. The number of carbonyl (C=O) groups excluding carboxylic acids is 3. The van der Waals surface area contributed by atoms with Gasteiger partial charge in [-0.05, 0) is 90.9 Å². The van der Waals surface area contributed by atoms with Crippen molar-refractivity contribution in [2.24, 2.45) is 0 Å². The van der Waals surface area contributed by atoms with Gasteiger partial charge in [0.05, 0.1) is 4.47 Å². The second-order valence-electron chi connectivity index (χ2n) is 10.2. The minimum Gasteiger partial charge on any atom is -0.455 e. The molecule has 3 aromatic carbocycles. The number of rotatable bonds is 7. The highest BCUT2D eigenvalue weighted by molar-refractivity contribution is 9.10. The summed E-state index contributed by atoms with van der Waals surface area (Å²) in [6, 6.07) is 21.5. The molecule has 3 amide bonds. The minimum absolute atomic E-state index is 0.0731. The van der Waals surface area contributed by atoms with Crippen LogP contribution in [0.3, 0.4) is 0 Å². The third-order valence-electron chi connectivity index (χ3n) is 7.07. The van der Waals surface area contributed by atoms with Crippen LogP contribution < -0.4 is 10.6 Å². The van der Waals surface area contributed by atoms with Gasteiger partial charge in [-0.25, -0.2) is 0 Å². The molecule has 9 heteroatoms. The maximum absolute atomic E-state index is 13.7. The maximum atomic E-state index is 13.7. The van der Waals surface area contributed by atoms with Gasteiger partial charge in [0.1, 0.15) is 23.4 Å². The van der Waals surface area contributed by atoms with Gasteiger partial charge in [0, 0.05) is 35.8 Å². The molecule has 1 aliphatic heterocycles. The van der Waals surface area contributed by atoms with E-state index in [4.69, 9.17) is 4.42 Å². The first kappa shape index (κ1) is 27.6. The lowest BCUT2D eigenvalue weighted by molar-refractivity contribution is -0.140. The number of nitrogens with one attached hydrogen (secondary N) is 2. The summed E-state index contributed by atoms with van der Waals surface area (Å²) in [7, 11) is 3.76. The molecule has 1 aromatic heterocycles. The number of furan rings is 1. The van der Waals surface area contributed by atoms with E-state index >= 15 is 0 Å². The standard InChI is InChI=1S/C31H31BrN4O4/c1-19(37)33-22-13-11-21(12-14-22)29-27(32)24-18-23(15-16-26(24)40-29)34-30(38)25-10-7-17-36(25)31(39)28(35(2)3)20-8-5-4-6-9-20/h4-6,8-9,11-16,18,25,28H,7,10,17H2,1-3H3,(H,33,37)(H,34,38)/t25-,28?/m0/s1. The predicted octanol–water partition coefficient (Wildman–Crippen LogP) is 6.05. The van der Waals surface area contributed by atoms with Crippen molar-refractivity contribution in [2.45, 2.75) is 31.8 Å². The monoisotopic (exact) mass is 602 g/mol. The van der Waals surface area contributed by atoms with Crippen molar-refractivity contribution >= 4 is 56.0 Å². The number of likely N-dealkylation sites (tertiary alicyclic amines) is 1. The van der Waals surface area contributed by atoms with Crippen LogP contribution in [-0.4, -0.2) is 54.2 Å². The molecule has 4 aromatic rings. The highest BCUT2D eigenvalue weighted by Crippen LogP contribution is 2.39. The number of nitrogens with zero attached hydrogens (tertiary/aromatic N) is 2. The second kappa shape index (κ2) is 11.7. The summed E-state index contributed by atoms with van der Waals surface area (Å²) in [4.78, 5) is 42.0. The third-order valence-corrected chi connectivity index (χ3v) is 7.85. The summed E-state index contributed by atoms with van der Waals surface area (Å²) < 4.78 is 6.86. The number of likely N-dealkylation sites (N-methyl/N-ethyl adjacent to an activating group) is 1. The van der Waals surface area contributed by atoms with E-state index in [1.807, 2.05) is 85.7 Å². The number of amides is 3. The summed E-state index contributed by atoms with van der Waals surface area (Å²) in [5, 5.41) is 6.59. The van der Waals surface area contributed by atoms with Gasteiger partial charge in [-0.2, -0.15) is 0 Å². The molecule has 0 spiro atoms. The molecule has 0 saturated carbocycles. The number of carbonyl (C=O) groups is 3. The van der Waals surface area contributed by atoms with Gasteiger partial charge in [0.2, 0.25) is 17.7 Å². The highest BCUT2D eigenvalue weighted by Gasteiger charge is 2.38. The van der Waals surface area contributed by atoms with Crippen LogP contribution in [0, 0.1) is 0 Å². The van der Waals surface area contributed by atoms with Crippen LogP contribution in [0.15, 0.2) is 81.7 Å². The van der Waals surface area contributed by atoms with Crippen LogP contribution in [0.1, 0.15) is 31.4 Å². The summed E-state index contributed by atoms with van der Waals surface area (Å²) >= 11 is 3.66. The molecule has 1 aliphatic rings. The fourth-order valence-corrected chi connectivity index (χ4v) is 5.84. The SMILES string of the molecule is CC(=O)Nc1ccc(-c2oc3ccc(NC(=O)[C@@H]4CCCN4C(=O)C(c4ccccc4)N(C)C)cc3c2Br)cc1. The number of benzene rings is 3. The van der Waals surface area contributed by atoms with Crippen LogP contribution in [0.5, 0.6) is 0 Å². The van der Waals surface area contributed by atoms with Crippen LogP contribution >= 0.6 is 15.9 Å². The summed E-state index contributed by atoms with van der Waals surface area (Å²) in [6.07, 6.45) is 1.39. The molecule has 8 nitrogen and oxygen atoms in total. The Kier molecular flexibility index (Phi) is 8.04. The van der Waals surface area contributed by atoms with Crippen molar-refractivity contribution in [2.75, 3.05) is 31.3 Å². The largest absolute Gasteiger partial charge is 0.455 e. The van der Waals surface area contributed by atoms with Crippen molar-refractivity contribution in [3.8, 4) is 11.3 Å². The van der Waals surface area contributed by atoms with Gasteiger partial charge < -0.3 is 20.0 Å². The van der Waals surface area contributed by atoms with E-state index in [9.17, 15) is 14.4 Å². The van der Waals surface area contributed by atoms with Crippen molar-refractivity contribution in [1.82, 2.24) is 9.80 Å². The molecule has 0 bridgehead atoms. The lowest BCUT2D eigenvalue weighted by Crippen LogP contribution is -2.47. The van der Waals surface area contributed by atoms with Gasteiger partial charge in [-0.15, -0.1) is 0 Å². The molecule has 2 atom stereocenters. The van der Waals surface area contributed by atoms with Crippen LogP contribution in [0.4, 0.5) is 11.4 Å². The number of fused-ring (bicyclic) bond motifs is 1. The van der Waals surface area contributed by atoms with Crippen molar-refractivity contribution in [3.05, 3.63) is 82.8 Å². The van der Waals surface area contributed by atoms with Gasteiger partial charge in [0.15, 0.2) is 0 Å². The first-order valence-electron chi connectivity index (χ1n) is 13.2. The fourth-order valence-electron chi connectivity index (χ4n) is 5.22. The molecule has 5 rings (SSSR count).